The number of hydrazine groups is 1. The van der Waals surface area contributed by atoms with Crippen molar-refractivity contribution in [1.29, 1.82) is 0 Å². The lowest BCUT2D eigenvalue weighted by Crippen LogP contribution is -2.62. The maximum absolute atomic E-state index is 13.6. The fraction of sp³-hybridized carbons (Fsp3) is 0.500. The number of carbonyl (C=O) groups excluding carboxylic acids is 3. The van der Waals surface area contributed by atoms with E-state index in [2.05, 4.69) is 22.6 Å². The van der Waals surface area contributed by atoms with Crippen molar-refractivity contribution in [1.82, 2.24) is 26.1 Å². The predicted octanol–water partition coefficient (Wildman–Crippen LogP) is 3.65. The quantitative estimate of drug-likeness (QED) is 0.509. The Hall–Kier alpha value is -3.76. The van der Waals surface area contributed by atoms with Gasteiger partial charge in [0.15, 0.2) is 6.10 Å². The van der Waals surface area contributed by atoms with Crippen molar-refractivity contribution in [2.75, 3.05) is 20.3 Å². The smallest absolute Gasteiger partial charge is 0.262 e. The van der Waals surface area contributed by atoms with E-state index in [4.69, 9.17) is 14.5 Å². The van der Waals surface area contributed by atoms with Gasteiger partial charge in [-0.1, -0.05) is 50.8 Å². The fourth-order valence-electron chi connectivity index (χ4n) is 5.00. The van der Waals surface area contributed by atoms with Crippen molar-refractivity contribution >= 4 is 34.7 Å². The Morgan fingerprint density at radius 1 is 1.14 bits per heavy atom. The molecule has 1 saturated heterocycles. The summed E-state index contributed by atoms with van der Waals surface area (Å²) >= 11 is 0. The average Bonchev–Trinajstić information content (AvgIpc) is 2.96. The Kier molecular flexibility index (Phi) is 9.68. The molecule has 2 aromatic rings. The first-order chi connectivity index (χ1) is 19.9. The first kappa shape index (κ1) is 31.2. The van der Waals surface area contributed by atoms with Crippen molar-refractivity contribution in [3.63, 3.8) is 0 Å². The van der Waals surface area contributed by atoms with Crippen molar-refractivity contribution in [2.45, 2.75) is 71.7 Å². The van der Waals surface area contributed by atoms with E-state index in [-0.39, 0.29) is 24.5 Å². The molecule has 0 saturated carbocycles. The molecule has 226 valence electrons. The van der Waals surface area contributed by atoms with Crippen LogP contribution in [0.2, 0.25) is 0 Å². The third-order valence-electron chi connectivity index (χ3n) is 7.80. The third-order valence-corrected chi connectivity index (χ3v) is 7.80. The molecule has 3 amide bonds. The standard InChI is InChI=1S/C32H43N5O5/c1-19(2)28-30(39)35-27(18-41-7)31(40)37-16-8-9-25(36-37)29(38)33-20(3)24-13-12-23-11-10-22(17-26(23)34-24)14-15-32(5,6)21(4)42-28/h10-15,17,19-20,25,27-28,36H,4,8-9,16,18H2,1-3,5-7H3,(H,33,38)(H,35,39)/b15-14+/t20?,25-,27-,28-/m0/s1. The number of aromatic nitrogens is 1. The summed E-state index contributed by atoms with van der Waals surface area (Å²) in [6, 6.07) is 7.98. The lowest BCUT2D eigenvalue weighted by molar-refractivity contribution is -0.147. The van der Waals surface area contributed by atoms with Gasteiger partial charge in [0.25, 0.3) is 11.8 Å². The lowest BCUT2D eigenvalue weighted by atomic mass is 9.89. The molecule has 1 aromatic heterocycles. The van der Waals surface area contributed by atoms with Crippen LogP contribution in [0.1, 0.15) is 64.8 Å². The number of pyridine rings is 1. The van der Waals surface area contributed by atoms with Crippen LogP contribution in [0.15, 0.2) is 48.7 Å². The number of nitrogens with one attached hydrogen (secondary N) is 3. The minimum Gasteiger partial charge on any atom is -0.484 e. The van der Waals surface area contributed by atoms with Crippen LogP contribution in [0.3, 0.4) is 0 Å². The second-order valence-corrected chi connectivity index (χ2v) is 12.0. The van der Waals surface area contributed by atoms with Crippen LogP contribution in [-0.4, -0.2) is 66.2 Å². The SMILES string of the molecule is C=C1O[C@@H](C(C)C)C(=O)N[C@@H](COC)C(=O)N2CCC[C@H](N2)C(=O)NC(C)c2ccc3ccc(cc3n2)/C=C/C1(C)C. The molecule has 2 aliphatic heterocycles. The molecule has 2 aliphatic rings. The van der Waals surface area contributed by atoms with Gasteiger partial charge < -0.3 is 20.1 Å². The van der Waals surface area contributed by atoms with Gasteiger partial charge in [-0.15, -0.1) is 0 Å². The van der Waals surface area contributed by atoms with Crippen LogP contribution in [0.25, 0.3) is 17.0 Å². The molecule has 0 aliphatic carbocycles. The van der Waals surface area contributed by atoms with Crippen molar-refractivity contribution in [3.8, 4) is 0 Å². The van der Waals surface area contributed by atoms with E-state index in [1.807, 2.05) is 77.1 Å². The third kappa shape index (κ3) is 7.17. The van der Waals surface area contributed by atoms with Crippen molar-refractivity contribution < 1.29 is 23.9 Å². The van der Waals surface area contributed by atoms with Crippen molar-refractivity contribution in [3.05, 3.63) is 60.0 Å². The zero-order valence-electron chi connectivity index (χ0n) is 25.4. The van der Waals surface area contributed by atoms with Gasteiger partial charge in [-0.25, -0.2) is 5.43 Å². The summed E-state index contributed by atoms with van der Waals surface area (Å²) in [7, 11) is 1.47. The molecule has 3 N–H and O–H groups in total. The molecule has 10 nitrogen and oxygen atoms in total. The van der Waals surface area contributed by atoms with Crippen LogP contribution in [-0.2, 0) is 23.9 Å². The number of hydrogen-bond donors (Lipinski definition) is 3. The molecular weight excluding hydrogens is 534 g/mol. The van der Waals surface area contributed by atoms with Gasteiger partial charge in [0, 0.05) is 24.5 Å². The van der Waals surface area contributed by atoms with E-state index < -0.39 is 35.4 Å². The Morgan fingerprint density at radius 2 is 1.88 bits per heavy atom. The summed E-state index contributed by atoms with van der Waals surface area (Å²) in [5, 5.41) is 8.25. The molecule has 5 bridgehead atoms. The molecular formula is C32H43N5O5. The molecule has 1 fully saturated rings. The number of allylic oxidation sites excluding steroid dienone is 1. The summed E-state index contributed by atoms with van der Waals surface area (Å²) in [5.41, 5.74) is 4.94. The van der Waals surface area contributed by atoms with Crippen LogP contribution in [0.4, 0.5) is 0 Å². The summed E-state index contributed by atoms with van der Waals surface area (Å²) in [4.78, 5) is 45.1. The number of methoxy groups -OCH3 is 1. The van der Waals surface area contributed by atoms with Crippen molar-refractivity contribution in [2.24, 2.45) is 11.3 Å². The number of benzene rings is 1. The molecule has 10 heteroatoms. The highest BCUT2D eigenvalue weighted by Gasteiger charge is 2.36. The Labute approximate surface area is 247 Å². The van der Waals surface area contributed by atoms with Gasteiger partial charge in [0.1, 0.15) is 12.1 Å². The van der Waals surface area contributed by atoms with Crippen LogP contribution in [0, 0.1) is 11.3 Å². The largest absolute Gasteiger partial charge is 0.484 e. The highest BCUT2D eigenvalue weighted by atomic mass is 16.5. The van der Waals surface area contributed by atoms with E-state index in [1.165, 1.54) is 12.1 Å². The van der Waals surface area contributed by atoms with Gasteiger partial charge in [0.05, 0.1) is 29.6 Å². The number of rotatable bonds is 3. The monoisotopic (exact) mass is 577 g/mol. The van der Waals surface area contributed by atoms with Gasteiger partial charge in [-0.05, 0) is 57.2 Å². The predicted molar refractivity (Wildman–Crippen MR) is 162 cm³/mol. The summed E-state index contributed by atoms with van der Waals surface area (Å²) < 4.78 is 11.5. The molecule has 42 heavy (non-hydrogen) atoms. The Morgan fingerprint density at radius 3 is 2.60 bits per heavy atom. The number of ether oxygens (including phenoxy) is 2. The zero-order valence-corrected chi connectivity index (χ0v) is 25.4. The van der Waals surface area contributed by atoms with E-state index in [9.17, 15) is 14.4 Å². The Balaban J connectivity index is 1.72. The van der Waals surface area contributed by atoms with Gasteiger partial charge in [-0.3, -0.25) is 24.4 Å². The molecule has 0 spiro atoms. The van der Waals surface area contributed by atoms with Gasteiger partial charge in [-0.2, -0.15) is 0 Å². The summed E-state index contributed by atoms with van der Waals surface area (Å²) in [5.74, 6) is -0.842. The highest BCUT2D eigenvalue weighted by Crippen LogP contribution is 2.31. The number of nitrogens with zero attached hydrogens (tertiary/aromatic N) is 2. The number of carbonyl (C=O) groups is 3. The molecule has 1 aromatic carbocycles. The van der Waals surface area contributed by atoms with Gasteiger partial charge in [0.2, 0.25) is 5.91 Å². The summed E-state index contributed by atoms with van der Waals surface area (Å²) in [6.07, 6.45) is 4.26. The first-order valence-corrected chi connectivity index (χ1v) is 14.5. The first-order valence-electron chi connectivity index (χ1n) is 14.5. The number of hydrogen-bond acceptors (Lipinski definition) is 7. The molecule has 4 atom stereocenters. The van der Waals surface area contributed by atoms with E-state index in [0.29, 0.717) is 25.1 Å². The maximum Gasteiger partial charge on any atom is 0.262 e. The molecule has 3 heterocycles. The van der Waals surface area contributed by atoms with Gasteiger partial charge >= 0.3 is 0 Å². The number of fused-ring (bicyclic) bond motifs is 4. The lowest BCUT2D eigenvalue weighted by Gasteiger charge is -2.36. The topological polar surface area (TPSA) is 122 Å². The molecule has 1 unspecified atom stereocenters. The highest BCUT2D eigenvalue weighted by molar-refractivity contribution is 5.90. The second kappa shape index (κ2) is 13.0. The molecule has 0 radical (unpaired) electrons. The number of amides is 3. The second-order valence-electron chi connectivity index (χ2n) is 12.0. The fourth-order valence-corrected chi connectivity index (χ4v) is 5.00. The molecule has 4 rings (SSSR count). The van der Waals surface area contributed by atoms with Crippen LogP contribution < -0.4 is 16.1 Å². The minimum absolute atomic E-state index is 0.0384. The average molecular weight is 578 g/mol. The minimum atomic E-state index is -0.974. The Bertz CT molecular complexity index is 1370. The van der Waals surface area contributed by atoms with Crippen LogP contribution >= 0.6 is 0 Å². The van der Waals surface area contributed by atoms with E-state index >= 15 is 0 Å². The normalized spacial score (nSPS) is 26.5. The maximum atomic E-state index is 13.6. The zero-order chi connectivity index (χ0) is 30.6. The van der Waals surface area contributed by atoms with Crippen LogP contribution in [0.5, 0.6) is 0 Å². The van der Waals surface area contributed by atoms with E-state index in [1.54, 1.807) is 0 Å². The summed E-state index contributed by atoms with van der Waals surface area (Å²) in [6.45, 7) is 14.1. The van der Waals surface area contributed by atoms with E-state index in [0.717, 1.165) is 22.2 Å².